The largest absolute Gasteiger partial charge is 0.508 e. The van der Waals surface area contributed by atoms with Gasteiger partial charge in [0.2, 0.25) is 0 Å². The van der Waals surface area contributed by atoms with Gasteiger partial charge in [0.1, 0.15) is 5.75 Å². The summed E-state index contributed by atoms with van der Waals surface area (Å²) in [5, 5.41) is 9.78. The summed E-state index contributed by atoms with van der Waals surface area (Å²) in [6.45, 7) is 0.178. The molecule has 0 unspecified atom stereocenters. The summed E-state index contributed by atoms with van der Waals surface area (Å²) in [6, 6.07) is 9.42. The number of carbonyl (C=O) groups excluding carboxylic acids is 2. The number of phenols is 1. The number of carbonyl (C=O) groups is 2. The summed E-state index contributed by atoms with van der Waals surface area (Å²) in [5.41, 5.74) is 1.25. The number of amides is 1. The highest BCUT2D eigenvalue weighted by molar-refractivity contribution is 6.56. The summed E-state index contributed by atoms with van der Waals surface area (Å²) < 4.78 is 0. The minimum Gasteiger partial charge on any atom is -0.508 e. The molecule has 6 heteroatoms. The lowest BCUT2D eigenvalue weighted by Gasteiger charge is -2.18. The smallest absolute Gasteiger partial charge is 0.299 e. The molecule has 106 valence electrons. The highest BCUT2D eigenvalue weighted by Gasteiger charge is 2.39. The molecule has 0 spiro atoms. The van der Waals surface area contributed by atoms with Gasteiger partial charge in [0.05, 0.1) is 27.8 Å². The number of rotatable bonds is 2. The molecule has 1 aliphatic heterocycles. The number of benzene rings is 2. The maximum absolute atomic E-state index is 12.1. The number of halogens is 2. The maximum Gasteiger partial charge on any atom is 0.299 e. The molecule has 4 nitrogen and oxygen atoms in total. The molecule has 3 rings (SSSR count). The van der Waals surface area contributed by atoms with Gasteiger partial charge in [-0.3, -0.25) is 14.5 Å². The SMILES string of the molecule is O=C1C(=O)N(Cc2ccc(O)cc2)c2c(Cl)ccc(Cl)c21. The molecule has 1 heterocycles. The second-order valence-electron chi connectivity index (χ2n) is 4.64. The topological polar surface area (TPSA) is 57.6 Å². The molecule has 2 aromatic carbocycles. The Hall–Kier alpha value is -2.04. The van der Waals surface area contributed by atoms with Crippen LogP contribution in [0.15, 0.2) is 36.4 Å². The van der Waals surface area contributed by atoms with E-state index in [4.69, 9.17) is 23.2 Å². The van der Waals surface area contributed by atoms with E-state index in [-0.39, 0.29) is 22.9 Å². The summed E-state index contributed by atoms with van der Waals surface area (Å²) in [7, 11) is 0. The molecule has 0 bridgehead atoms. The first-order valence-electron chi connectivity index (χ1n) is 6.11. The summed E-state index contributed by atoms with van der Waals surface area (Å²) in [5.74, 6) is -1.19. The molecule has 1 amide bonds. The Morgan fingerprint density at radius 2 is 1.57 bits per heavy atom. The molecule has 2 aromatic rings. The Morgan fingerprint density at radius 1 is 0.952 bits per heavy atom. The van der Waals surface area contributed by atoms with Gasteiger partial charge >= 0.3 is 0 Å². The number of anilines is 1. The lowest BCUT2D eigenvalue weighted by molar-refractivity contribution is -0.114. The van der Waals surface area contributed by atoms with Gasteiger partial charge in [-0.15, -0.1) is 0 Å². The third-order valence-corrected chi connectivity index (χ3v) is 3.91. The van der Waals surface area contributed by atoms with Crippen LogP contribution in [0.25, 0.3) is 0 Å². The zero-order valence-electron chi connectivity index (χ0n) is 10.6. The molecular formula is C15H9Cl2NO3. The fraction of sp³-hybridized carbons (Fsp3) is 0.0667. The van der Waals surface area contributed by atoms with E-state index in [0.29, 0.717) is 10.7 Å². The van der Waals surface area contributed by atoms with Crippen LogP contribution in [-0.4, -0.2) is 16.8 Å². The van der Waals surface area contributed by atoms with Crippen molar-refractivity contribution in [3.63, 3.8) is 0 Å². The van der Waals surface area contributed by atoms with E-state index < -0.39 is 11.7 Å². The Balaban J connectivity index is 2.05. The quantitative estimate of drug-likeness (QED) is 0.862. The first-order chi connectivity index (χ1) is 9.99. The second kappa shape index (κ2) is 5.06. The van der Waals surface area contributed by atoms with Crippen LogP contribution in [-0.2, 0) is 11.3 Å². The van der Waals surface area contributed by atoms with Gasteiger partial charge in [-0.05, 0) is 29.8 Å². The predicted octanol–water partition coefficient (Wildman–Crippen LogP) is 3.43. The van der Waals surface area contributed by atoms with Crippen molar-refractivity contribution in [1.82, 2.24) is 0 Å². The standard InChI is InChI=1S/C15H9Cl2NO3/c16-10-5-6-11(17)13-12(10)14(20)15(21)18(13)7-8-1-3-9(19)4-2-8/h1-6,19H,7H2. The van der Waals surface area contributed by atoms with Gasteiger partial charge in [-0.1, -0.05) is 35.3 Å². The van der Waals surface area contributed by atoms with Crippen LogP contribution in [0.3, 0.4) is 0 Å². The van der Waals surface area contributed by atoms with E-state index >= 15 is 0 Å². The Kier molecular flexibility index (Phi) is 3.35. The number of nitrogens with zero attached hydrogens (tertiary/aromatic N) is 1. The van der Waals surface area contributed by atoms with Crippen LogP contribution in [0.5, 0.6) is 5.75 Å². The van der Waals surface area contributed by atoms with Gasteiger partial charge in [0, 0.05) is 0 Å². The van der Waals surface area contributed by atoms with Crippen molar-refractivity contribution in [1.29, 1.82) is 0 Å². The molecule has 0 saturated carbocycles. The van der Waals surface area contributed by atoms with Crippen molar-refractivity contribution in [3.8, 4) is 5.75 Å². The number of hydrogen-bond donors (Lipinski definition) is 1. The molecule has 0 saturated heterocycles. The van der Waals surface area contributed by atoms with Crippen molar-refractivity contribution in [2.45, 2.75) is 6.54 Å². The Labute approximate surface area is 130 Å². The van der Waals surface area contributed by atoms with Crippen LogP contribution in [0.2, 0.25) is 10.0 Å². The lowest BCUT2D eigenvalue weighted by Crippen LogP contribution is -2.29. The van der Waals surface area contributed by atoms with Crippen molar-refractivity contribution in [2.75, 3.05) is 4.90 Å². The molecule has 0 aliphatic carbocycles. The van der Waals surface area contributed by atoms with E-state index in [2.05, 4.69) is 0 Å². The Bertz CT molecular complexity index is 756. The fourth-order valence-electron chi connectivity index (χ4n) is 2.29. The average Bonchev–Trinajstić information content (AvgIpc) is 2.71. The molecule has 21 heavy (non-hydrogen) atoms. The van der Waals surface area contributed by atoms with E-state index in [1.54, 1.807) is 18.2 Å². The number of hydrogen-bond acceptors (Lipinski definition) is 3. The molecule has 1 N–H and O–H groups in total. The highest BCUT2D eigenvalue weighted by atomic mass is 35.5. The molecule has 0 radical (unpaired) electrons. The van der Waals surface area contributed by atoms with Gasteiger partial charge in [0.25, 0.3) is 11.7 Å². The van der Waals surface area contributed by atoms with Crippen LogP contribution >= 0.6 is 23.2 Å². The van der Waals surface area contributed by atoms with Gasteiger partial charge < -0.3 is 5.11 Å². The summed E-state index contributed by atoms with van der Waals surface area (Å²) >= 11 is 12.1. The van der Waals surface area contributed by atoms with Crippen LogP contribution < -0.4 is 4.90 Å². The fourth-order valence-corrected chi connectivity index (χ4v) is 2.78. The Morgan fingerprint density at radius 3 is 2.24 bits per heavy atom. The summed E-state index contributed by atoms with van der Waals surface area (Å²) in [6.07, 6.45) is 0. The van der Waals surface area contributed by atoms with Crippen molar-refractivity contribution < 1.29 is 14.7 Å². The number of aromatic hydroxyl groups is 1. The minimum atomic E-state index is -0.659. The first kappa shape index (κ1) is 13.9. The van der Waals surface area contributed by atoms with E-state index in [1.165, 1.54) is 23.1 Å². The first-order valence-corrected chi connectivity index (χ1v) is 6.86. The minimum absolute atomic E-state index is 0.129. The monoisotopic (exact) mass is 321 g/mol. The van der Waals surface area contributed by atoms with Gasteiger partial charge in [-0.2, -0.15) is 0 Å². The molecular weight excluding hydrogens is 313 g/mol. The third kappa shape index (κ3) is 2.26. The maximum atomic E-state index is 12.1. The lowest BCUT2D eigenvalue weighted by atomic mass is 10.1. The molecule has 0 aromatic heterocycles. The van der Waals surface area contributed by atoms with Crippen molar-refractivity contribution >= 4 is 40.6 Å². The van der Waals surface area contributed by atoms with E-state index in [0.717, 1.165) is 5.56 Å². The zero-order valence-corrected chi connectivity index (χ0v) is 12.1. The highest BCUT2D eigenvalue weighted by Crippen LogP contribution is 2.40. The van der Waals surface area contributed by atoms with Crippen LogP contribution in [0.4, 0.5) is 5.69 Å². The normalized spacial score (nSPS) is 13.7. The number of Topliss-reactive ketones (excluding diaryl/α,β-unsaturated/α-hetero) is 1. The summed E-state index contributed by atoms with van der Waals surface area (Å²) in [4.78, 5) is 25.5. The third-order valence-electron chi connectivity index (χ3n) is 3.29. The molecule has 0 atom stereocenters. The van der Waals surface area contributed by atoms with Crippen molar-refractivity contribution in [2.24, 2.45) is 0 Å². The second-order valence-corrected chi connectivity index (χ2v) is 5.45. The van der Waals surface area contributed by atoms with Crippen LogP contribution in [0, 0.1) is 0 Å². The van der Waals surface area contributed by atoms with Crippen LogP contribution in [0.1, 0.15) is 15.9 Å². The number of phenolic OH excluding ortho intramolecular Hbond substituents is 1. The average molecular weight is 322 g/mol. The van der Waals surface area contributed by atoms with Gasteiger partial charge in [-0.25, -0.2) is 0 Å². The van der Waals surface area contributed by atoms with E-state index in [1.807, 2.05) is 0 Å². The molecule has 0 fully saturated rings. The zero-order chi connectivity index (χ0) is 15.1. The molecule has 1 aliphatic rings. The number of ketones is 1. The number of fused-ring (bicyclic) bond motifs is 1. The van der Waals surface area contributed by atoms with E-state index in [9.17, 15) is 14.7 Å². The predicted molar refractivity (Wildman–Crippen MR) is 80.1 cm³/mol. The van der Waals surface area contributed by atoms with Crippen molar-refractivity contribution in [3.05, 3.63) is 57.6 Å². The van der Waals surface area contributed by atoms with Gasteiger partial charge in [0.15, 0.2) is 0 Å².